The summed E-state index contributed by atoms with van der Waals surface area (Å²) in [6.45, 7) is 6.64. The minimum Gasteiger partial charge on any atom is -0.481 e. The van der Waals surface area contributed by atoms with Gasteiger partial charge in [-0.1, -0.05) is 27.7 Å². The summed E-state index contributed by atoms with van der Waals surface area (Å²) >= 11 is 0. The van der Waals surface area contributed by atoms with Crippen LogP contribution in [0.15, 0.2) is 0 Å². The maximum Gasteiger partial charge on any atom is 0.332 e. The Kier molecular flexibility index (Phi) is 5.38. The van der Waals surface area contributed by atoms with Crippen molar-refractivity contribution in [3.05, 3.63) is 0 Å². The molecule has 102 valence electrons. The van der Waals surface area contributed by atoms with E-state index < -0.39 is 24.1 Å². The molecule has 0 aliphatic heterocycles. The van der Waals surface area contributed by atoms with Crippen molar-refractivity contribution in [2.45, 2.75) is 58.5 Å². The molecule has 0 aliphatic carbocycles. The smallest absolute Gasteiger partial charge is 0.332 e. The molecule has 0 unspecified atom stereocenters. The molecular weight excluding hydrogens is 243 g/mol. The zero-order valence-electron chi connectivity index (χ0n) is 10.9. The van der Waals surface area contributed by atoms with Crippen LogP contribution in [-0.2, 0) is 9.36 Å². The molecule has 0 aromatic carbocycles. The van der Waals surface area contributed by atoms with E-state index >= 15 is 0 Å². The van der Waals surface area contributed by atoms with Gasteiger partial charge in [0.2, 0.25) is 0 Å². The summed E-state index contributed by atoms with van der Waals surface area (Å²) < 4.78 is 11.8. The zero-order valence-corrected chi connectivity index (χ0v) is 11.8. The summed E-state index contributed by atoms with van der Waals surface area (Å²) in [5, 5.41) is 7.96. The summed E-state index contributed by atoms with van der Waals surface area (Å²) in [5.74, 6) is -1.12. The first-order valence-electron chi connectivity index (χ1n) is 5.98. The minimum atomic E-state index is -4.50. The van der Waals surface area contributed by atoms with E-state index in [0.717, 1.165) is 0 Å². The number of carboxylic acid groups (broad SMARTS) is 1. The molecule has 17 heavy (non-hydrogen) atoms. The van der Waals surface area contributed by atoms with Gasteiger partial charge in [0, 0.05) is 0 Å². The van der Waals surface area contributed by atoms with Gasteiger partial charge in [0.15, 0.2) is 0 Å². The van der Waals surface area contributed by atoms with Gasteiger partial charge in [0.1, 0.15) is 0 Å². The van der Waals surface area contributed by atoms with Crippen LogP contribution in [0.4, 0.5) is 0 Å². The third-order valence-corrected chi connectivity index (χ3v) is 6.41. The van der Waals surface area contributed by atoms with Crippen LogP contribution in [0.3, 0.4) is 0 Å². The number of hydrogen-bond donors (Lipinski definition) is 3. The summed E-state index contributed by atoms with van der Waals surface area (Å²) in [6, 6.07) is 0. The normalized spacial score (nSPS) is 13.8. The molecule has 0 spiro atoms. The lowest BCUT2D eigenvalue weighted by Gasteiger charge is -2.46. The molecular formula is C11H23O5P. The van der Waals surface area contributed by atoms with Gasteiger partial charge in [-0.3, -0.25) is 9.36 Å². The lowest BCUT2D eigenvalue weighted by atomic mass is 9.68. The van der Waals surface area contributed by atoms with Gasteiger partial charge in [-0.15, -0.1) is 0 Å². The van der Waals surface area contributed by atoms with Crippen LogP contribution < -0.4 is 0 Å². The summed E-state index contributed by atoms with van der Waals surface area (Å²) in [5.41, 5.74) is -1.37. The van der Waals surface area contributed by atoms with E-state index in [4.69, 9.17) is 0 Å². The van der Waals surface area contributed by atoms with Gasteiger partial charge in [-0.25, -0.2) is 0 Å². The van der Waals surface area contributed by atoms with Gasteiger partial charge in [0.25, 0.3) is 0 Å². The molecule has 0 aromatic heterocycles. The van der Waals surface area contributed by atoms with E-state index in [1.165, 1.54) is 0 Å². The van der Waals surface area contributed by atoms with Crippen LogP contribution in [0, 0.1) is 5.41 Å². The molecule has 0 saturated carbocycles. The number of rotatable bonds is 7. The Morgan fingerprint density at radius 3 is 1.41 bits per heavy atom. The second-order valence-corrected chi connectivity index (χ2v) is 6.32. The Balaban J connectivity index is 6.06. The third-order valence-electron chi connectivity index (χ3n) is 4.23. The Labute approximate surface area is 102 Å². The second-order valence-electron chi connectivity index (χ2n) is 4.38. The first-order valence-corrected chi connectivity index (χ1v) is 7.59. The van der Waals surface area contributed by atoms with Crippen LogP contribution >= 0.6 is 7.60 Å². The lowest BCUT2D eigenvalue weighted by Crippen LogP contribution is -2.51. The number of carboxylic acids is 1. The minimum absolute atomic E-state index is 0.155. The molecule has 0 saturated heterocycles. The molecule has 0 aromatic rings. The van der Waals surface area contributed by atoms with E-state index in [2.05, 4.69) is 0 Å². The largest absolute Gasteiger partial charge is 0.481 e. The highest BCUT2D eigenvalue weighted by atomic mass is 31.2. The Bertz CT molecular complexity index is 312. The third kappa shape index (κ3) is 2.28. The van der Waals surface area contributed by atoms with Crippen molar-refractivity contribution in [3.8, 4) is 0 Å². The standard InChI is InChI=1S/C11H23O5P/c1-5-10(6-2,9(12)13)11(7-3,8-4)17(14,15)16/h5-8H2,1-4H3,(H,12,13)(H2,14,15,16). The predicted molar refractivity (Wildman–Crippen MR) is 66.0 cm³/mol. The van der Waals surface area contributed by atoms with Crippen molar-refractivity contribution in [3.63, 3.8) is 0 Å². The fraction of sp³-hybridized carbons (Fsp3) is 0.909. The number of aliphatic carboxylic acids is 1. The monoisotopic (exact) mass is 266 g/mol. The van der Waals surface area contributed by atoms with Gasteiger partial charge in [-0.05, 0) is 25.7 Å². The molecule has 0 fully saturated rings. The van der Waals surface area contributed by atoms with Crippen molar-refractivity contribution in [1.29, 1.82) is 0 Å². The molecule has 0 atom stereocenters. The van der Waals surface area contributed by atoms with Crippen molar-refractivity contribution in [2.24, 2.45) is 5.41 Å². The molecule has 5 nitrogen and oxygen atoms in total. The van der Waals surface area contributed by atoms with Crippen LogP contribution in [0.1, 0.15) is 53.4 Å². The first-order chi connectivity index (χ1) is 7.69. The predicted octanol–water partition coefficient (Wildman–Crippen LogP) is 2.61. The lowest BCUT2D eigenvalue weighted by molar-refractivity contribution is -0.153. The average Bonchev–Trinajstić information content (AvgIpc) is 2.23. The summed E-state index contributed by atoms with van der Waals surface area (Å²) in [6.07, 6.45) is 0.737. The summed E-state index contributed by atoms with van der Waals surface area (Å²) in [7, 11) is -4.50. The fourth-order valence-electron chi connectivity index (χ4n) is 3.03. The highest BCUT2D eigenvalue weighted by molar-refractivity contribution is 7.53. The first kappa shape index (κ1) is 16.6. The van der Waals surface area contributed by atoms with Gasteiger partial charge >= 0.3 is 13.6 Å². The highest BCUT2D eigenvalue weighted by Gasteiger charge is 2.61. The van der Waals surface area contributed by atoms with Crippen molar-refractivity contribution in [2.75, 3.05) is 0 Å². The van der Waals surface area contributed by atoms with E-state index in [9.17, 15) is 24.3 Å². The zero-order chi connectivity index (χ0) is 13.9. The van der Waals surface area contributed by atoms with E-state index in [0.29, 0.717) is 0 Å². The van der Waals surface area contributed by atoms with E-state index in [-0.39, 0.29) is 25.7 Å². The quantitative estimate of drug-likeness (QED) is 0.616. The Morgan fingerprint density at radius 1 is 1.00 bits per heavy atom. The SMILES string of the molecule is CCC(CC)(C(=O)O)C(CC)(CC)P(=O)(O)O. The van der Waals surface area contributed by atoms with Crippen LogP contribution in [0.5, 0.6) is 0 Å². The van der Waals surface area contributed by atoms with Crippen molar-refractivity contribution in [1.82, 2.24) is 0 Å². The molecule has 0 amide bonds. The molecule has 0 heterocycles. The Hall–Kier alpha value is -0.380. The maximum atomic E-state index is 11.8. The molecule has 0 aliphatic rings. The van der Waals surface area contributed by atoms with Gasteiger partial charge < -0.3 is 14.9 Å². The van der Waals surface area contributed by atoms with Gasteiger partial charge in [0.05, 0.1) is 10.6 Å². The van der Waals surface area contributed by atoms with E-state index in [1.54, 1.807) is 27.7 Å². The molecule has 0 rings (SSSR count). The van der Waals surface area contributed by atoms with Crippen molar-refractivity contribution >= 4 is 13.6 Å². The molecule has 0 bridgehead atoms. The second kappa shape index (κ2) is 5.51. The molecule has 0 radical (unpaired) electrons. The van der Waals surface area contributed by atoms with Crippen molar-refractivity contribution < 1.29 is 24.3 Å². The van der Waals surface area contributed by atoms with Crippen LogP contribution in [0.25, 0.3) is 0 Å². The number of hydrogen-bond acceptors (Lipinski definition) is 2. The molecule has 6 heteroatoms. The number of carbonyl (C=O) groups is 1. The van der Waals surface area contributed by atoms with E-state index in [1.807, 2.05) is 0 Å². The topological polar surface area (TPSA) is 94.8 Å². The Morgan fingerprint density at radius 2 is 1.35 bits per heavy atom. The van der Waals surface area contributed by atoms with Crippen LogP contribution in [0.2, 0.25) is 0 Å². The van der Waals surface area contributed by atoms with Crippen LogP contribution in [-0.4, -0.2) is 26.0 Å². The summed E-state index contributed by atoms with van der Waals surface area (Å²) in [4.78, 5) is 30.8. The fourth-order valence-corrected chi connectivity index (χ4v) is 4.82. The average molecular weight is 266 g/mol. The van der Waals surface area contributed by atoms with Gasteiger partial charge in [-0.2, -0.15) is 0 Å². The highest BCUT2D eigenvalue weighted by Crippen LogP contribution is 2.65. The molecule has 3 N–H and O–H groups in total. The maximum absolute atomic E-state index is 11.8.